The van der Waals surface area contributed by atoms with Crippen molar-refractivity contribution in [2.24, 2.45) is 0 Å². The summed E-state index contributed by atoms with van der Waals surface area (Å²) in [5.74, 6) is -0.0173. The lowest BCUT2D eigenvalue weighted by Crippen LogP contribution is -2.39. The third-order valence-corrected chi connectivity index (χ3v) is 3.95. The molecule has 0 unspecified atom stereocenters. The molecule has 0 aliphatic rings. The number of thiophene rings is 1. The average Bonchev–Trinajstić information content (AvgIpc) is 3.08. The van der Waals surface area contributed by atoms with Crippen molar-refractivity contribution < 1.29 is 4.79 Å². The van der Waals surface area contributed by atoms with Crippen molar-refractivity contribution in [3.05, 3.63) is 46.4 Å². The van der Waals surface area contributed by atoms with Crippen LogP contribution in [0, 0.1) is 0 Å². The SMILES string of the molecule is CCN[C@H](C)CNC(=O)c1cccn1Cc1cccs1. The van der Waals surface area contributed by atoms with E-state index in [1.807, 2.05) is 29.0 Å². The van der Waals surface area contributed by atoms with Gasteiger partial charge in [-0.3, -0.25) is 4.79 Å². The first-order valence-corrected chi connectivity index (χ1v) is 7.77. The second kappa shape index (κ2) is 7.26. The van der Waals surface area contributed by atoms with Gasteiger partial charge in [0.05, 0.1) is 6.54 Å². The van der Waals surface area contributed by atoms with E-state index < -0.39 is 0 Å². The number of aromatic nitrogens is 1. The van der Waals surface area contributed by atoms with Crippen LogP contribution in [0.25, 0.3) is 0 Å². The minimum atomic E-state index is -0.0173. The van der Waals surface area contributed by atoms with Gasteiger partial charge in [-0.2, -0.15) is 0 Å². The van der Waals surface area contributed by atoms with Crippen LogP contribution >= 0.6 is 11.3 Å². The van der Waals surface area contributed by atoms with Crippen molar-refractivity contribution >= 4 is 17.2 Å². The Morgan fingerprint density at radius 3 is 2.95 bits per heavy atom. The number of nitrogens with zero attached hydrogens (tertiary/aromatic N) is 1. The molecule has 1 atom stereocenters. The lowest BCUT2D eigenvalue weighted by molar-refractivity contribution is 0.0941. The van der Waals surface area contributed by atoms with Gasteiger partial charge >= 0.3 is 0 Å². The van der Waals surface area contributed by atoms with Crippen LogP contribution in [-0.4, -0.2) is 29.6 Å². The van der Waals surface area contributed by atoms with Gasteiger partial charge < -0.3 is 15.2 Å². The van der Waals surface area contributed by atoms with E-state index in [-0.39, 0.29) is 11.9 Å². The Labute approximate surface area is 123 Å². The Hall–Kier alpha value is -1.59. The molecular formula is C15H21N3OS. The monoisotopic (exact) mass is 291 g/mol. The van der Waals surface area contributed by atoms with Gasteiger partial charge in [0.25, 0.3) is 5.91 Å². The molecule has 0 bridgehead atoms. The normalized spacial score (nSPS) is 12.3. The minimum Gasteiger partial charge on any atom is -0.349 e. The van der Waals surface area contributed by atoms with Crippen LogP contribution in [0.1, 0.15) is 29.2 Å². The van der Waals surface area contributed by atoms with Gasteiger partial charge in [0, 0.05) is 23.7 Å². The zero-order chi connectivity index (χ0) is 14.4. The van der Waals surface area contributed by atoms with Crippen molar-refractivity contribution in [3.63, 3.8) is 0 Å². The summed E-state index contributed by atoms with van der Waals surface area (Å²) in [5, 5.41) is 8.30. The summed E-state index contributed by atoms with van der Waals surface area (Å²) >= 11 is 1.70. The number of nitrogens with one attached hydrogen (secondary N) is 2. The largest absolute Gasteiger partial charge is 0.349 e. The van der Waals surface area contributed by atoms with Crippen LogP contribution in [0.3, 0.4) is 0 Å². The smallest absolute Gasteiger partial charge is 0.267 e. The molecule has 0 saturated carbocycles. The number of hydrogen-bond donors (Lipinski definition) is 2. The summed E-state index contributed by atoms with van der Waals surface area (Å²) in [7, 11) is 0. The Morgan fingerprint density at radius 1 is 1.40 bits per heavy atom. The Morgan fingerprint density at radius 2 is 2.25 bits per heavy atom. The molecule has 2 heterocycles. The van der Waals surface area contributed by atoms with Gasteiger partial charge in [-0.15, -0.1) is 11.3 Å². The number of rotatable bonds is 7. The summed E-state index contributed by atoms with van der Waals surface area (Å²) < 4.78 is 1.99. The van der Waals surface area contributed by atoms with E-state index in [2.05, 4.69) is 35.9 Å². The van der Waals surface area contributed by atoms with Gasteiger partial charge in [0.15, 0.2) is 0 Å². The number of amides is 1. The van der Waals surface area contributed by atoms with Crippen LogP contribution < -0.4 is 10.6 Å². The molecule has 2 aromatic heterocycles. The van der Waals surface area contributed by atoms with E-state index in [0.29, 0.717) is 12.2 Å². The van der Waals surface area contributed by atoms with Crippen LogP contribution in [0.5, 0.6) is 0 Å². The van der Waals surface area contributed by atoms with Crippen molar-refractivity contribution in [1.29, 1.82) is 0 Å². The number of carbonyl (C=O) groups excluding carboxylic acids is 1. The van der Waals surface area contributed by atoms with Gasteiger partial charge in [-0.25, -0.2) is 0 Å². The summed E-state index contributed by atoms with van der Waals surface area (Å²) in [5.41, 5.74) is 0.710. The molecule has 0 radical (unpaired) electrons. The third kappa shape index (κ3) is 3.95. The van der Waals surface area contributed by atoms with Gasteiger partial charge in [-0.1, -0.05) is 13.0 Å². The first kappa shape index (κ1) is 14.8. The van der Waals surface area contributed by atoms with E-state index in [9.17, 15) is 4.79 Å². The predicted molar refractivity (Wildman–Crippen MR) is 83.3 cm³/mol. The maximum atomic E-state index is 12.2. The first-order chi connectivity index (χ1) is 9.70. The molecule has 108 valence electrons. The van der Waals surface area contributed by atoms with Crippen LogP contribution in [0.2, 0.25) is 0 Å². The highest BCUT2D eigenvalue weighted by Gasteiger charge is 2.12. The maximum Gasteiger partial charge on any atom is 0.267 e. The van der Waals surface area contributed by atoms with Gasteiger partial charge in [0.2, 0.25) is 0 Å². The fraction of sp³-hybridized carbons (Fsp3) is 0.400. The second-order valence-corrected chi connectivity index (χ2v) is 5.80. The first-order valence-electron chi connectivity index (χ1n) is 6.89. The van der Waals surface area contributed by atoms with Crippen LogP contribution in [0.4, 0.5) is 0 Å². The number of hydrogen-bond acceptors (Lipinski definition) is 3. The Balaban J connectivity index is 1.95. The van der Waals surface area contributed by atoms with Crippen molar-refractivity contribution in [2.45, 2.75) is 26.4 Å². The van der Waals surface area contributed by atoms with Crippen molar-refractivity contribution in [2.75, 3.05) is 13.1 Å². The van der Waals surface area contributed by atoms with Crippen molar-refractivity contribution in [3.8, 4) is 0 Å². The van der Waals surface area contributed by atoms with E-state index in [1.165, 1.54) is 4.88 Å². The Kier molecular flexibility index (Phi) is 5.38. The molecule has 0 aliphatic carbocycles. The molecule has 0 aliphatic heterocycles. The second-order valence-electron chi connectivity index (χ2n) is 4.77. The number of carbonyl (C=O) groups is 1. The predicted octanol–water partition coefficient (Wildman–Crippen LogP) is 2.33. The molecule has 20 heavy (non-hydrogen) atoms. The van der Waals surface area contributed by atoms with E-state index in [4.69, 9.17) is 0 Å². The minimum absolute atomic E-state index is 0.0173. The summed E-state index contributed by atoms with van der Waals surface area (Å²) in [6, 6.07) is 8.17. The molecule has 0 saturated heterocycles. The molecule has 2 rings (SSSR count). The highest BCUT2D eigenvalue weighted by atomic mass is 32.1. The maximum absolute atomic E-state index is 12.2. The van der Waals surface area contributed by atoms with Crippen LogP contribution in [0.15, 0.2) is 35.8 Å². The lowest BCUT2D eigenvalue weighted by Gasteiger charge is -2.14. The summed E-state index contributed by atoms with van der Waals surface area (Å²) in [4.78, 5) is 13.5. The highest BCUT2D eigenvalue weighted by molar-refractivity contribution is 7.09. The number of likely N-dealkylation sites (N-methyl/N-ethyl adjacent to an activating group) is 1. The molecule has 2 N–H and O–H groups in total. The van der Waals surface area contributed by atoms with E-state index >= 15 is 0 Å². The average molecular weight is 291 g/mol. The van der Waals surface area contributed by atoms with Gasteiger partial charge in [0.1, 0.15) is 5.69 Å². The molecule has 4 nitrogen and oxygen atoms in total. The molecule has 0 fully saturated rings. The molecule has 0 spiro atoms. The third-order valence-electron chi connectivity index (χ3n) is 3.09. The highest BCUT2D eigenvalue weighted by Crippen LogP contribution is 2.13. The van der Waals surface area contributed by atoms with Gasteiger partial charge in [-0.05, 0) is 37.0 Å². The fourth-order valence-electron chi connectivity index (χ4n) is 2.09. The molecule has 5 heteroatoms. The van der Waals surface area contributed by atoms with Crippen LogP contribution in [-0.2, 0) is 6.54 Å². The molecule has 2 aromatic rings. The zero-order valence-electron chi connectivity index (χ0n) is 11.9. The standard InChI is InChI=1S/C15H21N3OS/c1-3-16-12(2)10-17-15(19)14-7-4-8-18(14)11-13-6-5-9-20-13/h4-9,12,16H,3,10-11H2,1-2H3,(H,17,19)/t12-/m1/s1. The fourth-order valence-corrected chi connectivity index (χ4v) is 2.79. The molecule has 1 amide bonds. The topological polar surface area (TPSA) is 46.1 Å². The summed E-state index contributed by atoms with van der Waals surface area (Å²) in [6.07, 6.45) is 1.95. The lowest BCUT2D eigenvalue weighted by atomic mass is 10.3. The zero-order valence-corrected chi connectivity index (χ0v) is 12.7. The molecule has 0 aromatic carbocycles. The van der Waals surface area contributed by atoms with Crippen molar-refractivity contribution in [1.82, 2.24) is 15.2 Å². The summed E-state index contributed by atoms with van der Waals surface area (Å²) in [6.45, 7) is 6.41. The van der Waals surface area contributed by atoms with E-state index in [1.54, 1.807) is 11.3 Å². The Bertz CT molecular complexity index is 533. The quantitative estimate of drug-likeness (QED) is 0.822. The molecular weight excluding hydrogens is 270 g/mol. The van der Waals surface area contributed by atoms with E-state index in [0.717, 1.165) is 13.1 Å².